The molecule has 1 aromatic rings. The van der Waals surface area contributed by atoms with Crippen LogP contribution in [-0.4, -0.2) is 66.4 Å². The third-order valence-electron chi connectivity index (χ3n) is 4.14. The van der Waals surface area contributed by atoms with Crippen LogP contribution in [0.3, 0.4) is 0 Å². The summed E-state index contributed by atoms with van der Waals surface area (Å²) in [6.45, 7) is 5.06. The van der Waals surface area contributed by atoms with E-state index in [1.807, 2.05) is 4.90 Å². The van der Waals surface area contributed by atoms with Gasteiger partial charge in [-0.1, -0.05) is 0 Å². The predicted molar refractivity (Wildman–Crippen MR) is 78.6 cm³/mol. The van der Waals surface area contributed by atoms with Crippen LogP contribution in [0.2, 0.25) is 0 Å². The summed E-state index contributed by atoms with van der Waals surface area (Å²) in [7, 11) is 0. The van der Waals surface area contributed by atoms with E-state index in [9.17, 15) is 9.90 Å². The van der Waals surface area contributed by atoms with E-state index in [1.54, 1.807) is 0 Å². The number of nitrogens with zero attached hydrogens (tertiary/aromatic N) is 3. The number of ether oxygens (including phenoxy) is 1. The smallest absolute Gasteiger partial charge is 0.339 e. The zero-order valence-electron chi connectivity index (χ0n) is 11.9. The largest absolute Gasteiger partial charge is 0.478 e. The van der Waals surface area contributed by atoms with Crippen LogP contribution in [0, 0.1) is 0 Å². The molecule has 1 atom stereocenters. The summed E-state index contributed by atoms with van der Waals surface area (Å²) in [5, 5.41) is 9.32. The summed E-state index contributed by atoms with van der Waals surface area (Å²) < 4.78 is 5.38. The molecule has 2 fully saturated rings. The average Bonchev–Trinajstić information content (AvgIpc) is 2.97. The van der Waals surface area contributed by atoms with Gasteiger partial charge in [-0.3, -0.25) is 4.90 Å². The quantitative estimate of drug-likeness (QED) is 0.826. The van der Waals surface area contributed by atoms with E-state index in [-0.39, 0.29) is 5.56 Å². The fraction of sp³-hybridized carbons (Fsp3) is 0.571. The van der Waals surface area contributed by atoms with Crippen molar-refractivity contribution >= 4 is 17.5 Å². The van der Waals surface area contributed by atoms with E-state index >= 15 is 0 Å². The lowest BCUT2D eigenvalue weighted by Gasteiger charge is -2.32. The van der Waals surface area contributed by atoms with Gasteiger partial charge < -0.3 is 20.5 Å². The van der Waals surface area contributed by atoms with Crippen LogP contribution in [0.4, 0.5) is 11.5 Å². The predicted octanol–water partition coefficient (Wildman–Crippen LogP) is 0.273. The third kappa shape index (κ3) is 2.93. The number of rotatable bonds is 3. The molecule has 2 aliphatic rings. The molecule has 0 aromatic carbocycles. The average molecular weight is 292 g/mol. The molecule has 0 saturated carbocycles. The van der Waals surface area contributed by atoms with Crippen LogP contribution < -0.4 is 10.6 Å². The van der Waals surface area contributed by atoms with Crippen molar-refractivity contribution in [1.82, 2.24) is 9.88 Å². The molecule has 0 spiro atoms. The highest BCUT2D eigenvalue weighted by Gasteiger charge is 2.31. The summed E-state index contributed by atoms with van der Waals surface area (Å²) in [5.74, 6) is -0.466. The van der Waals surface area contributed by atoms with Crippen LogP contribution >= 0.6 is 0 Å². The van der Waals surface area contributed by atoms with Gasteiger partial charge in [-0.05, 0) is 12.5 Å². The van der Waals surface area contributed by atoms with Crippen molar-refractivity contribution in [1.29, 1.82) is 0 Å². The van der Waals surface area contributed by atoms with Crippen molar-refractivity contribution in [2.75, 3.05) is 50.0 Å². The van der Waals surface area contributed by atoms with E-state index in [0.717, 1.165) is 45.8 Å². The molecule has 3 rings (SSSR count). The molecule has 1 aromatic heterocycles. The molecule has 7 nitrogen and oxygen atoms in total. The van der Waals surface area contributed by atoms with Crippen LogP contribution in [0.1, 0.15) is 16.8 Å². The van der Waals surface area contributed by atoms with Crippen molar-refractivity contribution < 1.29 is 14.6 Å². The highest BCUT2D eigenvalue weighted by atomic mass is 16.5. The van der Waals surface area contributed by atoms with E-state index in [0.29, 0.717) is 17.5 Å². The van der Waals surface area contributed by atoms with E-state index < -0.39 is 5.97 Å². The molecule has 114 valence electrons. The zero-order valence-corrected chi connectivity index (χ0v) is 11.9. The Bertz CT molecular complexity index is 531. The van der Waals surface area contributed by atoms with Crippen LogP contribution in [0.15, 0.2) is 12.3 Å². The fourth-order valence-corrected chi connectivity index (χ4v) is 3.06. The number of morpholine rings is 1. The minimum atomic E-state index is -0.986. The van der Waals surface area contributed by atoms with Gasteiger partial charge >= 0.3 is 5.97 Å². The molecular weight excluding hydrogens is 272 g/mol. The van der Waals surface area contributed by atoms with Gasteiger partial charge in [0.1, 0.15) is 11.4 Å². The normalized spacial score (nSPS) is 23.4. The van der Waals surface area contributed by atoms with E-state index in [2.05, 4.69) is 9.88 Å². The monoisotopic (exact) mass is 292 g/mol. The van der Waals surface area contributed by atoms with Gasteiger partial charge in [-0.2, -0.15) is 0 Å². The maximum Gasteiger partial charge on any atom is 0.339 e. The number of carboxylic acid groups (broad SMARTS) is 1. The Labute approximate surface area is 123 Å². The first-order valence-electron chi connectivity index (χ1n) is 7.20. The van der Waals surface area contributed by atoms with Gasteiger partial charge in [0.25, 0.3) is 0 Å². The summed E-state index contributed by atoms with van der Waals surface area (Å²) >= 11 is 0. The van der Waals surface area contributed by atoms with Crippen molar-refractivity contribution in [3.05, 3.63) is 17.8 Å². The summed E-state index contributed by atoms with van der Waals surface area (Å²) in [4.78, 5) is 20.1. The Morgan fingerprint density at radius 3 is 2.86 bits per heavy atom. The van der Waals surface area contributed by atoms with E-state index in [1.165, 1.54) is 12.3 Å². The lowest BCUT2D eigenvalue weighted by molar-refractivity contribution is 0.0209. The molecule has 0 radical (unpaired) electrons. The van der Waals surface area contributed by atoms with Gasteiger partial charge in [0.2, 0.25) is 0 Å². The standard InChI is InChI=1S/C14H20N4O3/c15-10-7-12(14(19)20)13(16-8-10)18-2-1-11(9-18)17-3-5-21-6-4-17/h7-8,11H,1-6,9,15H2,(H,19,20). The lowest BCUT2D eigenvalue weighted by Crippen LogP contribution is -2.44. The molecule has 2 saturated heterocycles. The number of nitrogens with two attached hydrogens (primary N) is 1. The number of aromatic carboxylic acids is 1. The molecule has 0 amide bonds. The molecule has 21 heavy (non-hydrogen) atoms. The summed E-state index contributed by atoms with van der Waals surface area (Å²) in [6, 6.07) is 1.92. The fourth-order valence-electron chi connectivity index (χ4n) is 3.06. The minimum absolute atomic E-state index is 0.178. The first-order chi connectivity index (χ1) is 10.1. The number of pyridine rings is 1. The van der Waals surface area contributed by atoms with Gasteiger partial charge in [0, 0.05) is 32.2 Å². The van der Waals surface area contributed by atoms with Crippen molar-refractivity contribution in [3.63, 3.8) is 0 Å². The number of hydrogen-bond donors (Lipinski definition) is 2. The third-order valence-corrected chi connectivity index (χ3v) is 4.14. The number of carboxylic acids is 1. The molecular formula is C14H20N4O3. The summed E-state index contributed by atoms with van der Waals surface area (Å²) in [6.07, 6.45) is 2.54. The molecule has 3 heterocycles. The Balaban J connectivity index is 1.75. The highest BCUT2D eigenvalue weighted by Crippen LogP contribution is 2.26. The molecule has 2 aliphatic heterocycles. The number of hydrogen-bond acceptors (Lipinski definition) is 6. The van der Waals surface area contributed by atoms with E-state index in [4.69, 9.17) is 10.5 Å². The van der Waals surface area contributed by atoms with Gasteiger partial charge in [0.15, 0.2) is 0 Å². The Kier molecular flexibility index (Phi) is 3.94. The molecule has 7 heteroatoms. The maximum atomic E-state index is 11.4. The first-order valence-corrected chi connectivity index (χ1v) is 7.20. The number of anilines is 2. The molecule has 0 aliphatic carbocycles. The molecule has 0 bridgehead atoms. The Morgan fingerprint density at radius 1 is 1.38 bits per heavy atom. The number of aromatic nitrogens is 1. The van der Waals surface area contributed by atoms with Crippen molar-refractivity contribution in [2.24, 2.45) is 0 Å². The number of carbonyl (C=O) groups is 1. The molecule has 1 unspecified atom stereocenters. The Morgan fingerprint density at radius 2 is 2.14 bits per heavy atom. The topological polar surface area (TPSA) is 91.9 Å². The minimum Gasteiger partial charge on any atom is -0.478 e. The van der Waals surface area contributed by atoms with Crippen LogP contribution in [-0.2, 0) is 4.74 Å². The SMILES string of the molecule is Nc1cnc(N2CCC(N3CCOCC3)C2)c(C(=O)O)c1. The van der Waals surface area contributed by atoms with Gasteiger partial charge in [0.05, 0.1) is 25.1 Å². The van der Waals surface area contributed by atoms with Crippen molar-refractivity contribution in [3.8, 4) is 0 Å². The first kappa shape index (κ1) is 14.1. The second kappa shape index (κ2) is 5.87. The molecule has 3 N–H and O–H groups in total. The summed E-state index contributed by atoms with van der Waals surface area (Å²) in [5.41, 5.74) is 6.20. The second-order valence-corrected chi connectivity index (χ2v) is 5.48. The van der Waals surface area contributed by atoms with Crippen LogP contribution in [0.5, 0.6) is 0 Å². The highest BCUT2D eigenvalue weighted by molar-refractivity contribution is 5.94. The zero-order chi connectivity index (χ0) is 14.8. The van der Waals surface area contributed by atoms with Gasteiger partial charge in [-0.15, -0.1) is 0 Å². The number of nitrogen functional groups attached to an aromatic ring is 1. The lowest BCUT2D eigenvalue weighted by atomic mass is 10.2. The van der Waals surface area contributed by atoms with Crippen molar-refractivity contribution in [2.45, 2.75) is 12.5 Å². The maximum absolute atomic E-state index is 11.4. The Hall–Kier alpha value is -1.86. The van der Waals surface area contributed by atoms with Crippen LogP contribution in [0.25, 0.3) is 0 Å². The second-order valence-electron chi connectivity index (χ2n) is 5.48. The van der Waals surface area contributed by atoms with Gasteiger partial charge in [-0.25, -0.2) is 9.78 Å².